The van der Waals surface area contributed by atoms with Crippen LogP contribution < -0.4 is 5.32 Å². The maximum Gasteiger partial charge on any atom is 0.107 e. The summed E-state index contributed by atoms with van der Waals surface area (Å²) in [5.74, 6) is 2.04. The minimum atomic E-state index is 0.926. The molecule has 1 aromatic heterocycles. The van der Waals surface area contributed by atoms with Gasteiger partial charge in [-0.3, -0.25) is 0 Å². The van der Waals surface area contributed by atoms with E-state index >= 15 is 0 Å². The monoisotopic (exact) mass is 271 g/mol. The summed E-state index contributed by atoms with van der Waals surface area (Å²) in [6, 6.07) is 8.25. The Hall–Kier alpha value is -1.35. The van der Waals surface area contributed by atoms with Gasteiger partial charge in [-0.2, -0.15) is 0 Å². The van der Waals surface area contributed by atoms with E-state index in [4.69, 9.17) is 0 Å². The van der Waals surface area contributed by atoms with Crippen LogP contribution in [-0.4, -0.2) is 23.1 Å². The third-order valence-electron chi connectivity index (χ3n) is 4.36. The second-order valence-electron chi connectivity index (χ2n) is 6.01. The summed E-state index contributed by atoms with van der Waals surface area (Å²) >= 11 is 0. The van der Waals surface area contributed by atoms with Gasteiger partial charge >= 0.3 is 0 Å². The van der Waals surface area contributed by atoms with Crippen LogP contribution in [0.4, 0.5) is 0 Å². The summed E-state index contributed by atoms with van der Waals surface area (Å²) in [6.07, 6.45) is 9.37. The Morgan fingerprint density at radius 3 is 2.85 bits per heavy atom. The van der Waals surface area contributed by atoms with E-state index in [-0.39, 0.29) is 0 Å². The summed E-state index contributed by atoms with van der Waals surface area (Å²) in [7, 11) is 0. The number of nitrogens with zero attached hydrogens (tertiary/aromatic N) is 1. The summed E-state index contributed by atoms with van der Waals surface area (Å²) in [4.78, 5) is 8.01. The van der Waals surface area contributed by atoms with E-state index in [0.717, 1.165) is 42.2 Å². The molecule has 1 heterocycles. The minimum Gasteiger partial charge on any atom is -0.342 e. The average molecular weight is 271 g/mol. The molecule has 2 aromatic rings. The van der Waals surface area contributed by atoms with Gasteiger partial charge in [0.25, 0.3) is 0 Å². The Balaban J connectivity index is 1.37. The first-order valence-electron chi connectivity index (χ1n) is 8.06. The SMILES string of the molecule is c1ccc2[nH]c(CCCNCC3CCCCC3)nc2c1. The van der Waals surface area contributed by atoms with Crippen molar-refractivity contribution in [2.75, 3.05) is 13.1 Å². The van der Waals surface area contributed by atoms with Crippen molar-refractivity contribution in [3.05, 3.63) is 30.1 Å². The molecule has 108 valence electrons. The molecule has 1 aliphatic rings. The zero-order valence-corrected chi connectivity index (χ0v) is 12.2. The van der Waals surface area contributed by atoms with E-state index in [1.807, 2.05) is 6.07 Å². The second kappa shape index (κ2) is 6.89. The molecule has 3 nitrogen and oxygen atoms in total. The predicted molar refractivity (Wildman–Crippen MR) is 83.9 cm³/mol. The van der Waals surface area contributed by atoms with Gasteiger partial charge in [0.2, 0.25) is 0 Å². The molecule has 0 atom stereocenters. The van der Waals surface area contributed by atoms with Gasteiger partial charge in [-0.25, -0.2) is 4.98 Å². The number of fused-ring (bicyclic) bond motifs is 1. The third-order valence-corrected chi connectivity index (χ3v) is 4.36. The predicted octanol–water partition coefficient (Wildman–Crippen LogP) is 3.67. The zero-order chi connectivity index (χ0) is 13.6. The topological polar surface area (TPSA) is 40.7 Å². The Labute approximate surface area is 121 Å². The molecule has 20 heavy (non-hydrogen) atoms. The Morgan fingerprint density at radius 1 is 1.15 bits per heavy atom. The lowest BCUT2D eigenvalue weighted by molar-refractivity contribution is 0.342. The number of hydrogen-bond acceptors (Lipinski definition) is 2. The van der Waals surface area contributed by atoms with Crippen molar-refractivity contribution in [1.29, 1.82) is 0 Å². The molecule has 2 N–H and O–H groups in total. The minimum absolute atomic E-state index is 0.926. The lowest BCUT2D eigenvalue weighted by atomic mass is 9.89. The molecule has 3 rings (SSSR count). The third kappa shape index (κ3) is 3.60. The van der Waals surface area contributed by atoms with Gasteiger partial charge in [0, 0.05) is 6.42 Å². The van der Waals surface area contributed by atoms with Crippen molar-refractivity contribution in [1.82, 2.24) is 15.3 Å². The maximum absolute atomic E-state index is 4.62. The number of hydrogen-bond donors (Lipinski definition) is 2. The van der Waals surface area contributed by atoms with Gasteiger partial charge in [-0.15, -0.1) is 0 Å². The number of H-pyrrole nitrogens is 1. The average Bonchev–Trinajstić information content (AvgIpc) is 2.90. The smallest absolute Gasteiger partial charge is 0.107 e. The van der Waals surface area contributed by atoms with Crippen LogP contribution in [0.3, 0.4) is 0 Å². The largest absolute Gasteiger partial charge is 0.342 e. The van der Waals surface area contributed by atoms with Gasteiger partial charge in [0.05, 0.1) is 11.0 Å². The molecule has 0 bridgehead atoms. The van der Waals surface area contributed by atoms with Gasteiger partial charge in [0.15, 0.2) is 0 Å². The van der Waals surface area contributed by atoms with E-state index in [0.29, 0.717) is 0 Å². The molecule has 0 amide bonds. The van der Waals surface area contributed by atoms with Crippen LogP contribution in [-0.2, 0) is 6.42 Å². The summed E-state index contributed by atoms with van der Waals surface area (Å²) in [5, 5.41) is 3.62. The summed E-state index contributed by atoms with van der Waals surface area (Å²) in [5.41, 5.74) is 2.23. The zero-order valence-electron chi connectivity index (χ0n) is 12.2. The molecule has 0 unspecified atom stereocenters. The highest BCUT2D eigenvalue weighted by atomic mass is 14.9. The number of rotatable bonds is 6. The van der Waals surface area contributed by atoms with Crippen LogP contribution in [0.2, 0.25) is 0 Å². The molecule has 1 saturated carbocycles. The molecule has 0 spiro atoms. The highest BCUT2D eigenvalue weighted by Crippen LogP contribution is 2.22. The first-order valence-corrected chi connectivity index (χ1v) is 8.06. The van der Waals surface area contributed by atoms with Crippen LogP contribution >= 0.6 is 0 Å². The fourth-order valence-electron chi connectivity index (χ4n) is 3.20. The highest BCUT2D eigenvalue weighted by molar-refractivity contribution is 5.74. The lowest BCUT2D eigenvalue weighted by Gasteiger charge is -2.21. The quantitative estimate of drug-likeness (QED) is 0.787. The van der Waals surface area contributed by atoms with E-state index in [2.05, 4.69) is 33.5 Å². The van der Waals surface area contributed by atoms with Gasteiger partial charge in [-0.1, -0.05) is 31.4 Å². The van der Waals surface area contributed by atoms with Crippen molar-refractivity contribution in [2.45, 2.75) is 44.9 Å². The fraction of sp³-hybridized carbons (Fsp3) is 0.588. The van der Waals surface area contributed by atoms with Crippen molar-refractivity contribution >= 4 is 11.0 Å². The van der Waals surface area contributed by atoms with Crippen LogP contribution in [0.15, 0.2) is 24.3 Å². The van der Waals surface area contributed by atoms with Gasteiger partial charge < -0.3 is 10.3 Å². The van der Waals surface area contributed by atoms with Crippen LogP contribution in [0.1, 0.15) is 44.3 Å². The molecule has 0 radical (unpaired) electrons. The van der Waals surface area contributed by atoms with E-state index < -0.39 is 0 Å². The molecule has 1 fully saturated rings. The van der Waals surface area contributed by atoms with E-state index in [1.165, 1.54) is 38.6 Å². The number of aromatic amines is 1. The normalized spacial score (nSPS) is 16.8. The number of para-hydroxylation sites is 2. The summed E-state index contributed by atoms with van der Waals surface area (Å²) in [6.45, 7) is 2.31. The Bertz CT molecular complexity index is 493. The van der Waals surface area contributed by atoms with Crippen molar-refractivity contribution in [2.24, 2.45) is 5.92 Å². The van der Waals surface area contributed by atoms with Crippen LogP contribution in [0.25, 0.3) is 11.0 Å². The number of nitrogens with one attached hydrogen (secondary N) is 2. The van der Waals surface area contributed by atoms with Crippen LogP contribution in [0, 0.1) is 5.92 Å². The number of imidazole rings is 1. The first kappa shape index (κ1) is 13.6. The van der Waals surface area contributed by atoms with Gasteiger partial charge in [0.1, 0.15) is 5.82 Å². The lowest BCUT2D eigenvalue weighted by Crippen LogP contribution is -2.25. The van der Waals surface area contributed by atoms with Gasteiger partial charge in [-0.05, 0) is 50.4 Å². The molecule has 1 aromatic carbocycles. The molecule has 3 heteroatoms. The van der Waals surface area contributed by atoms with E-state index in [9.17, 15) is 0 Å². The number of aromatic nitrogens is 2. The maximum atomic E-state index is 4.62. The highest BCUT2D eigenvalue weighted by Gasteiger charge is 2.12. The Kier molecular flexibility index (Phi) is 4.69. The first-order chi connectivity index (χ1) is 9.92. The molecular formula is C17H25N3. The fourth-order valence-corrected chi connectivity index (χ4v) is 3.20. The molecule has 0 aliphatic heterocycles. The standard InChI is InChI=1S/C17H25N3/c1-2-7-14(8-3-1)13-18-12-6-11-17-19-15-9-4-5-10-16(15)20-17/h4-5,9-10,14,18H,1-3,6-8,11-13H2,(H,19,20). The van der Waals surface area contributed by atoms with Crippen molar-refractivity contribution in [3.63, 3.8) is 0 Å². The van der Waals surface area contributed by atoms with E-state index in [1.54, 1.807) is 0 Å². The van der Waals surface area contributed by atoms with Crippen molar-refractivity contribution in [3.8, 4) is 0 Å². The Morgan fingerprint density at radius 2 is 2.00 bits per heavy atom. The molecule has 1 aliphatic carbocycles. The summed E-state index contributed by atoms with van der Waals surface area (Å²) < 4.78 is 0. The van der Waals surface area contributed by atoms with Crippen LogP contribution in [0.5, 0.6) is 0 Å². The molecular weight excluding hydrogens is 246 g/mol. The molecule has 0 saturated heterocycles. The van der Waals surface area contributed by atoms with Crippen molar-refractivity contribution < 1.29 is 0 Å². The second-order valence-corrected chi connectivity index (χ2v) is 6.01. The number of benzene rings is 1. The number of aryl methyl sites for hydroxylation is 1.